The highest BCUT2D eigenvalue weighted by Gasteiger charge is 2.70. The minimum Gasteiger partial charge on any atom is -0.432 e. The summed E-state index contributed by atoms with van der Waals surface area (Å²) in [6.45, 7) is 14.2. The third-order valence-corrected chi connectivity index (χ3v) is 22.4. The van der Waals surface area contributed by atoms with Gasteiger partial charge in [-0.15, -0.1) is 0 Å². The van der Waals surface area contributed by atoms with E-state index in [1.165, 1.54) is 12.5 Å². The van der Waals surface area contributed by atoms with Crippen molar-refractivity contribution in [3.8, 4) is 0 Å². The maximum atomic E-state index is 15.7. The number of allylic oxidation sites excluding steroid dienone is 2. The van der Waals surface area contributed by atoms with Gasteiger partial charge in [-0.05, 0) is 170 Å². The topological polar surface area (TPSA) is 310 Å². The molecule has 0 bridgehead atoms. The zero-order chi connectivity index (χ0) is 58.8. The van der Waals surface area contributed by atoms with Crippen molar-refractivity contribution >= 4 is 46.7 Å². The summed E-state index contributed by atoms with van der Waals surface area (Å²) in [5.74, 6) is -1.29. The lowest BCUT2D eigenvalue weighted by Gasteiger charge is -2.71. The molecule has 1 aromatic carbocycles. The molecule has 21 heteroatoms. The van der Waals surface area contributed by atoms with Gasteiger partial charge in [0.1, 0.15) is 55.1 Å². The Morgan fingerprint density at radius 3 is 2.16 bits per heavy atom. The smallest absolute Gasteiger partial charge is 0.315 e. The molecule has 3 saturated heterocycles. The Labute approximate surface area is 488 Å². The van der Waals surface area contributed by atoms with Crippen LogP contribution in [-0.4, -0.2) is 177 Å². The zero-order valence-electron chi connectivity index (χ0n) is 47.9. The molecule has 454 valence electrons. The summed E-state index contributed by atoms with van der Waals surface area (Å²) in [4.78, 5) is 54.8. The predicted octanol–water partition coefficient (Wildman–Crippen LogP) is 3.71. The first-order valence-corrected chi connectivity index (χ1v) is 30.6. The molecule has 81 heavy (non-hydrogen) atoms. The fraction of sp³-hybridized carbons (Fsp3) is 0.800. The molecule has 2 amide bonds. The van der Waals surface area contributed by atoms with E-state index in [1.807, 2.05) is 19.1 Å². The van der Waals surface area contributed by atoms with Crippen LogP contribution in [0.25, 0.3) is 0 Å². The number of ether oxygens (including phenoxy) is 6. The Kier molecular flexibility index (Phi) is 18.7. The van der Waals surface area contributed by atoms with Crippen LogP contribution < -0.4 is 10.6 Å². The highest BCUT2D eigenvalue weighted by molar-refractivity contribution is 14.1. The van der Waals surface area contributed by atoms with Crippen molar-refractivity contribution in [2.45, 2.75) is 230 Å². The van der Waals surface area contributed by atoms with Gasteiger partial charge in [-0.1, -0.05) is 59.6 Å². The van der Waals surface area contributed by atoms with Crippen molar-refractivity contribution in [2.75, 3.05) is 19.8 Å². The number of amides is 2. The second-order valence-corrected chi connectivity index (χ2v) is 28.1. The summed E-state index contributed by atoms with van der Waals surface area (Å²) >= 11 is 2.17. The van der Waals surface area contributed by atoms with Crippen LogP contribution in [0, 0.1) is 53.8 Å². The number of rotatable bonds is 16. The van der Waals surface area contributed by atoms with E-state index in [2.05, 4.69) is 73.9 Å². The normalized spacial score (nSPS) is 45.6. The molecule has 4 saturated carbocycles. The number of unbranched alkanes of at least 4 members (excludes halogenated alkanes) is 2. The third-order valence-electron chi connectivity index (χ3n) is 21.7. The van der Waals surface area contributed by atoms with Crippen LogP contribution in [0.1, 0.15) is 149 Å². The predicted molar refractivity (Wildman–Crippen MR) is 299 cm³/mol. The first kappa shape index (κ1) is 62.8. The number of esters is 1. The Morgan fingerprint density at radius 2 is 1.46 bits per heavy atom. The minimum absolute atomic E-state index is 0.0111. The number of benzene rings is 1. The van der Waals surface area contributed by atoms with Crippen LogP contribution in [0.5, 0.6) is 0 Å². The SMILES string of the molecule is C[C@@H]1O[C@@H](O[C@H]2[C@H](OC(=O)[C@]34CCC(C)(C)C[C@H]3C3=CC[C@@H]5[C@@]6(C)CC[C@H](O)[C@@](C)(C=O)[C@@H]6CC[C@@]5(C)[C@]3(C)CC4)O[C@H](CO)[C@H](NC(=O)CCCCCNC(=O)c3ccc(I)cc3)[C@@H]2O)[C@H](O)[C@H](O)[C@H]1O[C@@H]1OC[C@@H](O)[C@H](O)[C@H]1O. The summed E-state index contributed by atoms with van der Waals surface area (Å²) in [7, 11) is 0. The Bertz CT molecular complexity index is 2470. The minimum atomic E-state index is -1.91. The van der Waals surface area contributed by atoms with Gasteiger partial charge in [-0.2, -0.15) is 0 Å². The van der Waals surface area contributed by atoms with Crippen molar-refractivity contribution in [1.82, 2.24) is 10.6 Å². The number of carbonyl (C=O) groups is 4. The number of aldehydes is 1. The van der Waals surface area contributed by atoms with Gasteiger partial charge in [-0.3, -0.25) is 14.4 Å². The lowest BCUT2D eigenvalue weighted by Crippen LogP contribution is -2.68. The summed E-state index contributed by atoms with van der Waals surface area (Å²) < 4.78 is 37.7. The van der Waals surface area contributed by atoms with Crippen LogP contribution in [0.2, 0.25) is 0 Å². The number of aliphatic hydroxyl groups is 8. The maximum Gasteiger partial charge on any atom is 0.315 e. The van der Waals surface area contributed by atoms with Crippen molar-refractivity contribution < 1.29 is 88.5 Å². The molecular weight excluding hydrogens is 1160 g/mol. The second-order valence-electron chi connectivity index (χ2n) is 26.8. The van der Waals surface area contributed by atoms with E-state index >= 15 is 4.79 Å². The van der Waals surface area contributed by atoms with Gasteiger partial charge in [0, 0.05) is 22.1 Å². The summed E-state index contributed by atoms with van der Waals surface area (Å²) in [5, 5.41) is 94.4. The van der Waals surface area contributed by atoms with Crippen LogP contribution in [-0.2, 0) is 42.8 Å². The molecule has 0 unspecified atom stereocenters. The third kappa shape index (κ3) is 11.5. The van der Waals surface area contributed by atoms with E-state index < -0.39 is 121 Å². The van der Waals surface area contributed by atoms with Crippen LogP contribution in [0.4, 0.5) is 0 Å². The fourth-order valence-electron chi connectivity index (χ4n) is 16.5. The lowest BCUT2D eigenvalue weighted by molar-refractivity contribution is -0.369. The molecule has 5 aliphatic carbocycles. The number of halogens is 1. The van der Waals surface area contributed by atoms with E-state index in [-0.39, 0.29) is 58.3 Å². The van der Waals surface area contributed by atoms with Crippen LogP contribution >= 0.6 is 22.6 Å². The maximum absolute atomic E-state index is 15.7. The molecule has 9 rings (SSSR count). The molecule has 3 heterocycles. The summed E-state index contributed by atoms with van der Waals surface area (Å²) in [5.41, 5.74) is -1.02. The molecule has 1 aromatic rings. The Balaban J connectivity index is 0.949. The first-order chi connectivity index (χ1) is 38.2. The van der Waals surface area contributed by atoms with Crippen molar-refractivity contribution in [3.63, 3.8) is 0 Å². The molecular formula is C60H89IN2O18. The van der Waals surface area contributed by atoms with E-state index in [9.17, 15) is 55.2 Å². The molecule has 10 N–H and O–H groups in total. The van der Waals surface area contributed by atoms with E-state index in [4.69, 9.17) is 28.4 Å². The molecule has 3 aliphatic heterocycles. The second kappa shape index (κ2) is 24.2. The molecule has 0 radical (unpaired) electrons. The van der Waals surface area contributed by atoms with Gasteiger partial charge in [-0.25, -0.2) is 0 Å². The fourth-order valence-corrected chi connectivity index (χ4v) is 16.8. The highest BCUT2D eigenvalue weighted by Crippen LogP contribution is 2.76. The number of aliphatic hydroxyl groups excluding tert-OH is 8. The standard InChI is InChI=1S/C60H89IN2O18/c1-31-48(79-51-46(72)43(69)36(66)29-76-51)45(71)47(73)52(77-31)80-49-44(70)42(63-41(68)11-9-8-10-26-62-50(74)32-12-14-33(61)15-13-32)37(28-64)78-53(49)81-54(75)60-24-22-55(2,3)27-35(60)34-16-17-39-56(4)20-19-40(67)57(5,30-65)38(56)18-21-59(39,7)58(34,6)23-25-60/h12-16,30-31,35-40,42-49,51-53,64,66-67,69-73H,8-11,17-29H2,1-7H3,(H,62,74)(H,63,68)/t31-,35-,36+,37+,38+,39+,40-,42-,43-,44-,45-,46+,47+,48-,49+,51-,52-,53-,56-,57-,58+,59+,60-/m0/s1. The number of hydrogen-bond donors (Lipinski definition) is 10. The highest BCUT2D eigenvalue weighted by atomic mass is 127. The summed E-state index contributed by atoms with van der Waals surface area (Å²) in [6.07, 6.45) is -9.67. The van der Waals surface area contributed by atoms with Gasteiger partial charge >= 0.3 is 5.97 Å². The van der Waals surface area contributed by atoms with Gasteiger partial charge < -0.3 is 84.7 Å². The van der Waals surface area contributed by atoms with E-state index in [1.54, 1.807) is 12.1 Å². The van der Waals surface area contributed by atoms with Gasteiger partial charge in [0.15, 0.2) is 18.7 Å². The average molecular weight is 1250 g/mol. The van der Waals surface area contributed by atoms with Crippen LogP contribution in [0.15, 0.2) is 35.9 Å². The Hall–Kier alpha value is -2.75. The number of fused-ring (bicyclic) bond motifs is 7. The molecule has 0 spiro atoms. The average Bonchev–Trinajstić information content (AvgIpc) is 2.44. The van der Waals surface area contributed by atoms with Crippen molar-refractivity contribution in [1.29, 1.82) is 0 Å². The number of nitrogens with one attached hydrogen (secondary N) is 2. The van der Waals surface area contributed by atoms with Crippen molar-refractivity contribution in [2.24, 2.45) is 50.2 Å². The molecule has 0 aromatic heterocycles. The largest absolute Gasteiger partial charge is 0.432 e. The summed E-state index contributed by atoms with van der Waals surface area (Å²) in [6, 6.07) is 5.85. The van der Waals surface area contributed by atoms with E-state index in [0.29, 0.717) is 69.9 Å². The van der Waals surface area contributed by atoms with Crippen LogP contribution in [0.3, 0.4) is 0 Å². The molecule has 7 fully saturated rings. The molecule has 8 aliphatic rings. The Morgan fingerprint density at radius 1 is 0.765 bits per heavy atom. The van der Waals surface area contributed by atoms with E-state index in [0.717, 1.165) is 35.5 Å². The first-order valence-electron chi connectivity index (χ1n) is 29.5. The van der Waals surface area contributed by atoms with Crippen molar-refractivity contribution in [3.05, 3.63) is 45.0 Å². The monoisotopic (exact) mass is 1250 g/mol. The zero-order valence-corrected chi connectivity index (χ0v) is 50.1. The quantitative estimate of drug-likeness (QED) is 0.0371. The van der Waals surface area contributed by atoms with Gasteiger partial charge in [0.05, 0.1) is 42.3 Å². The number of hydrogen-bond acceptors (Lipinski definition) is 18. The lowest BCUT2D eigenvalue weighted by atomic mass is 9.33. The molecule has 20 nitrogen and oxygen atoms in total. The van der Waals surface area contributed by atoms with Gasteiger partial charge in [0.25, 0.3) is 5.91 Å². The van der Waals surface area contributed by atoms with Gasteiger partial charge in [0.2, 0.25) is 12.2 Å². The number of carbonyl (C=O) groups excluding carboxylic acids is 4. The molecule has 23 atom stereocenters.